The number of aryl methyl sites for hydroxylation is 3. The highest BCUT2D eigenvalue weighted by Crippen LogP contribution is 2.40. The Morgan fingerprint density at radius 3 is 2.30 bits per heavy atom. The summed E-state index contributed by atoms with van der Waals surface area (Å²) in [7, 11) is 0. The SMILES string of the molecule is Cc1ncsc1-c1ccc([C@H](C)NC(=O)[C@@H]2C[C@@H](C)CN2C(=O)[C@@H](NC(=O)COC/C=C\COCCNC(=O)C[C@@H]2N=C(c3ccc(Cl)cc3)c3c(sc(C)c3C)-n3c(C)nnc32)C(C)(C)C)cc1. The van der Waals surface area contributed by atoms with Crippen molar-refractivity contribution in [2.45, 2.75) is 99.3 Å². The minimum Gasteiger partial charge on any atom is -0.376 e. The number of thiazole rings is 1. The number of aliphatic imine (C=N–C) groups is 1. The number of thiophene rings is 1. The van der Waals surface area contributed by atoms with Crippen LogP contribution in [-0.4, -0.2) is 106 Å². The standard InChI is InChI=1S/C51H62ClN9O6S2/c1-29-24-40(48(64)55-31(3)35-12-14-37(15-13-35)45-32(4)54-28-68-45)60(26-29)49(65)46(51(7,8)9)57-42(63)27-67-22-11-10-21-66-23-20-53-41(62)25-39-47-59-58-34(6)61(47)50-43(30(2)33(5)69-50)44(56-39)36-16-18-38(52)19-17-36/h10-19,28-29,31,39-40,46H,20-27H2,1-9H3,(H,53,62)(H,55,64)(H,57,63)/b11-10-/t29-,31+,39+,40+,46-/m1/s1. The van der Waals surface area contributed by atoms with Gasteiger partial charge in [-0.3, -0.25) is 28.7 Å². The van der Waals surface area contributed by atoms with Gasteiger partial charge in [0.05, 0.1) is 54.1 Å². The highest BCUT2D eigenvalue weighted by atomic mass is 35.5. The van der Waals surface area contributed by atoms with Crippen LogP contribution in [-0.2, 0) is 28.7 Å². The maximum atomic E-state index is 14.2. The number of carbonyl (C=O) groups is 4. The van der Waals surface area contributed by atoms with E-state index in [-0.39, 0.29) is 62.5 Å². The van der Waals surface area contributed by atoms with Crippen molar-refractivity contribution < 1.29 is 28.7 Å². The molecule has 3 aromatic heterocycles. The van der Waals surface area contributed by atoms with Crippen LogP contribution in [0.15, 0.2) is 71.2 Å². The van der Waals surface area contributed by atoms with Gasteiger partial charge in [0.25, 0.3) is 0 Å². The average Bonchev–Trinajstić information content (AvgIpc) is 4.08. The van der Waals surface area contributed by atoms with Crippen molar-refractivity contribution in [3.63, 3.8) is 0 Å². The summed E-state index contributed by atoms with van der Waals surface area (Å²) in [6, 6.07) is 13.3. The molecule has 18 heteroatoms. The van der Waals surface area contributed by atoms with Crippen LogP contribution in [0.25, 0.3) is 15.4 Å². The number of nitrogens with zero attached hydrogens (tertiary/aromatic N) is 6. The molecule has 0 bridgehead atoms. The molecule has 15 nitrogen and oxygen atoms in total. The number of benzene rings is 2. The molecule has 2 aliphatic heterocycles. The third-order valence-corrected chi connectivity index (χ3v) is 14.8. The summed E-state index contributed by atoms with van der Waals surface area (Å²) in [5.41, 5.74) is 8.00. The van der Waals surface area contributed by atoms with Crippen LogP contribution in [0.3, 0.4) is 0 Å². The van der Waals surface area contributed by atoms with Crippen LogP contribution in [0, 0.1) is 39.0 Å². The molecule has 0 saturated carbocycles. The molecule has 4 amide bonds. The first-order chi connectivity index (χ1) is 32.9. The van der Waals surface area contributed by atoms with Crippen LogP contribution in [0.5, 0.6) is 0 Å². The van der Waals surface area contributed by atoms with Crippen LogP contribution < -0.4 is 16.0 Å². The van der Waals surface area contributed by atoms with Crippen LogP contribution in [0.4, 0.5) is 0 Å². The van der Waals surface area contributed by atoms with Gasteiger partial charge in [-0.05, 0) is 81.2 Å². The third-order valence-electron chi connectivity index (χ3n) is 12.4. The molecule has 1 saturated heterocycles. The average molecular weight is 997 g/mol. The lowest BCUT2D eigenvalue weighted by atomic mass is 9.85. The number of rotatable bonds is 18. The van der Waals surface area contributed by atoms with Gasteiger partial charge in [-0.25, -0.2) is 4.98 Å². The summed E-state index contributed by atoms with van der Waals surface area (Å²) in [5.74, 6) is 0.285. The van der Waals surface area contributed by atoms with E-state index in [0.29, 0.717) is 30.4 Å². The van der Waals surface area contributed by atoms with Crippen molar-refractivity contribution in [2.24, 2.45) is 16.3 Å². The number of aromatic nitrogens is 4. The number of fused-ring (bicyclic) bond motifs is 3. The summed E-state index contributed by atoms with van der Waals surface area (Å²) in [6.07, 6.45) is 4.11. The predicted molar refractivity (Wildman–Crippen MR) is 271 cm³/mol. The molecule has 5 aromatic rings. The molecule has 0 unspecified atom stereocenters. The molecule has 2 aliphatic rings. The molecule has 69 heavy (non-hydrogen) atoms. The number of hydrogen-bond donors (Lipinski definition) is 3. The maximum absolute atomic E-state index is 14.2. The van der Waals surface area contributed by atoms with Gasteiger partial charge in [0.15, 0.2) is 5.82 Å². The molecule has 2 aromatic carbocycles. The van der Waals surface area contributed by atoms with Gasteiger partial charge in [-0.15, -0.1) is 32.9 Å². The molecule has 0 spiro atoms. The predicted octanol–water partition coefficient (Wildman–Crippen LogP) is 7.97. The first kappa shape index (κ1) is 51.3. The monoisotopic (exact) mass is 995 g/mol. The Labute approximate surface area is 417 Å². The molecule has 3 N–H and O–H groups in total. The highest BCUT2D eigenvalue weighted by molar-refractivity contribution is 7.15. The fourth-order valence-corrected chi connectivity index (χ4v) is 10.8. The minimum absolute atomic E-state index is 0.0672. The van der Waals surface area contributed by atoms with E-state index < -0.39 is 29.4 Å². The molecular formula is C51H62ClN9O6S2. The normalized spacial score (nSPS) is 17.7. The number of halogens is 1. The molecule has 5 heterocycles. The summed E-state index contributed by atoms with van der Waals surface area (Å²) in [6.45, 7) is 18.8. The van der Waals surface area contributed by atoms with Crippen LogP contribution >= 0.6 is 34.3 Å². The number of ether oxygens (including phenoxy) is 2. The second-order valence-electron chi connectivity index (χ2n) is 18.9. The third kappa shape index (κ3) is 12.2. The van der Waals surface area contributed by atoms with Gasteiger partial charge in [0.2, 0.25) is 23.6 Å². The van der Waals surface area contributed by atoms with E-state index in [1.165, 1.54) is 4.88 Å². The summed E-state index contributed by atoms with van der Waals surface area (Å²) in [4.78, 5) is 67.8. The quantitative estimate of drug-likeness (QED) is 0.0579. The van der Waals surface area contributed by atoms with Crippen molar-refractivity contribution in [1.29, 1.82) is 0 Å². The zero-order valence-electron chi connectivity index (χ0n) is 40.7. The Kier molecular flexibility index (Phi) is 16.7. The second kappa shape index (κ2) is 22.4. The maximum Gasteiger partial charge on any atom is 0.246 e. The van der Waals surface area contributed by atoms with E-state index in [2.05, 4.69) is 45.0 Å². The van der Waals surface area contributed by atoms with E-state index in [0.717, 1.165) is 54.9 Å². The fourth-order valence-electron chi connectivity index (χ4n) is 8.60. The Morgan fingerprint density at radius 1 is 0.928 bits per heavy atom. The second-order valence-corrected chi connectivity index (χ2v) is 21.3. The summed E-state index contributed by atoms with van der Waals surface area (Å²) in [5, 5.41) is 19.4. The topological polar surface area (TPSA) is 182 Å². The van der Waals surface area contributed by atoms with Gasteiger partial charge in [-0.1, -0.05) is 87.8 Å². The van der Waals surface area contributed by atoms with E-state index >= 15 is 0 Å². The zero-order valence-corrected chi connectivity index (χ0v) is 43.1. The van der Waals surface area contributed by atoms with E-state index in [1.807, 2.05) is 107 Å². The largest absolute Gasteiger partial charge is 0.376 e. The van der Waals surface area contributed by atoms with Crippen LogP contribution in [0.1, 0.15) is 104 Å². The highest BCUT2D eigenvalue weighted by Gasteiger charge is 2.44. The molecule has 7 rings (SSSR count). The van der Waals surface area contributed by atoms with Crippen LogP contribution in [0.2, 0.25) is 5.02 Å². The fraction of sp³-hybridized carbons (Fsp3) is 0.451. The minimum atomic E-state index is -0.877. The smallest absolute Gasteiger partial charge is 0.246 e. The van der Waals surface area contributed by atoms with Crippen molar-refractivity contribution >= 4 is 63.6 Å². The summed E-state index contributed by atoms with van der Waals surface area (Å²) >= 11 is 9.49. The van der Waals surface area contributed by atoms with Crippen molar-refractivity contribution in [3.8, 4) is 15.4 Å². The van der Waals surface area contributed by atoms with E-state index in [9.17, 15) is 19.2 Å². The lowest BCUT2D eigenvalue weighted by Gasteiger charge is -2.35. The van der Waals surface area contributed by atoms with Gasteiger partial charge in [0.1, 0.15) is 35.6 Å². The van der Waals surface area contributed by atoms with E-state index in [1.54, 1.807) is 39.7 Å². The lowest BCUT2D eigenvalue weighted by molar-refractivity contribution is -0.144. The molecule has 0 radical (unpaired) electrons. The Morgan fingerprint density at radius 2 is 1.62 bits per heavy atom. The van der Waals surface area contributed by atoms with Gasteiger partial charge < -0.3 is 30.3 Å². The molecular weight excluding hydrogens is 934 g/mol. The molecule has 366 valence electrons. The Bertz CT molecular complexity index is 2700. The molecule has 5 atom stereocenters. The zero-order chi connectivity index (χ0) is 49.6. The first-order valence-corrected chi connectivity index (χ1v) is 25.3. The number of nitrogens with one attached hydrogen (secondary N) is 3. The first-order valence-electron chi connectivity index (χ1n) is 23.2. The van der Waals surface area contributed by atoms with E-state index in [4.69, 9.17) is 26.1 Å². The number of hydrogen-bond acceptors (Lipinski definition) is 12. The molecule has 1 fully saturated rings. The molecule has 0 aliphatic carbocycles. The Balaban J connectivity index is 0.839. The van der Waals surface area contributed by atoms with Gasteiger partial charge in [0, 0.05) is 34.1 Å². The number of carbonyl (C=O) groups excluding carboxylic acids is 4. The van der Waals surface area contributed by atoms with Gasteiger partial charge >= 0.3 is 0 Å². The Hall–Kier alpha value is -5.59. The van der Waals surface area contributed by atoms with Gasteiger partial charge in [-0.2, -0.15) is 0 Å². The van der Waals surface area contributed by atoms with Crippen molar-refractivity contribution in [3.05, 3.63) is 116 Å². The number of amides is 4. The lowest BCUT2D eigenvalue weighted by Crippen LogP contribution is -2.58. The summed E-state index contributed by atoms with van der Waals surface area (Å²) < 4.78 is 13.3. The number of likely N-dealkylation sites (tertiary alicyclic amines) is 1. The van der Waals surface area contributed by atoms with Crippen molar-refractivity contribution in [1.82, 2.24) is 40.6 Å². The van der Waals surface area contributed by atoms with Crippen molar-refractivity contribution in [2.75, 3.05) is 39.5 Å².